The molecular weight excluding hydrogens is 530 g/mol. The summed E-state index contributed by atoms with van der Waals surface area (Å²) in [5.41, 5.74) is 2.65. The average Bonchev–Trinajstić information content (AvgIpc) is 3.39. The molecule has 11 nitrogen and oxygen atoms in total. The van der Waals surface area contributed by atoms with Crippen LogP contribution in [-0.2, 0) is 16.1 Å². The summed E-state index contributed by atoms with van der Waals surface area (Å²) >= 11 is 0. The third kappa shape index (κ3) is 9.31. The lowest BCUT2D eigenvalue weighted by Gasteiger charge is -2.23. The van der Waals surface area contributed by atoms with Crippen LogP contribution in [0.4, 0.5) is 17.5 Å². The number of fused-ring (bicyclic) bond motifs is 1. The van der Waals surface area contributed by atoms with Crippen LogP contribution < -0.4 is 16.0 Å². The molecule has 0 aliphatic carbocycles. The Morgan fingerprint density at radius 2 is 1.95 bits per heavy atom. The number of unbranched alkanes of at least 4 members (excludes halogenated alkanes) is 1. The van der Waals surface area contributed by atoms with Gasteiger partial charge in [-0.1, -0.05) is 24.8 Å². The van der Waals surface area contributed by atoms with Crippen molar-refractivity contribution < 1.29 is 9.59 Å². The lowest BCUT2D eigenvalue weighted by molar-refractivity contribution is -0.135. The molecule has 2 heterocycles. The van der Waals surface area contributed by atoms with Crippen molar-refractivity contribution in [3.8, 4) is 11.8 Å². The van der Waals surface area contributed by atoms with E-state index in [4.69, 9.17) is 0 Å². The summed E-state index contributed by atoms with van der Waals surface area (Å²) in [6.45, 7) is 8.56. The zero-order valence-corrected chi connectivity index (χ0v) is 25.6. The number of benzene rings is 1. The SMILES string of the molecule is CCCNc1nc(Nc2ccc3cnn(CC)c3c2)ncc1C#CCCCNC(=O)[C@H](C)N(C)C(=O)/C=C/CN(C)C. The number of rotatable bonds is 14. The molecule has 0 bridgehead atoms. The van der Waals surface area contributed by atoms with Gasteiger partial charge in [0.05, 0.1) is 23.5 Å². The molecule has 0 saturated carbocycles. The molecule has 42 heavy (non-hydrogen) atoms. The molecule has 0 saturated heterocycles. The van der Waals surface area contributed by atoms with Crippen molar-refractivity contribution in [2.24, 2.45) is 0 Å². The molecule has 2 aromatic heterocycles. The molecule has 1 aromatic carbocycles. The Bertz CT molecular complexity index is 1440. The van der Waals surface area contributed by atoms with E-state index in [0.717, 1.165) is 36.1 Å². The Hall–Kier alpha value is -4.43. The highest BCUT2D eigenvalue weighted by atomic mass is 16.2. The van der Waals surface area contributed by atoms with Gasteiger partial charge in [0, 0.05) is 56.8 Å². The minimum atomic E-state index is -0.570. The minimum Gasteiger partial charge on any atom is -0.369 e. The van der Waals surface area contributed by atoms with Gasteiger partial charge in [-0.05, 0) is 59.0 Å². The second kappa shape index (κ2) is 16.1. The molecular formula is C31H43N9O2. The van der Waals surface area contributed by atoms with Crippen molar-refractivity contribution in [3.05, 3.63) is 48.3 Å². The first-order chi connectivity index (χ1) is 20.2. The number of likely N-dealkylation sites (N-methyl/N-ethyl adjacent to an activating group) is 2. The second-order valence-electron chi connectivity index (χ2n) is 10.2. The van der Waals surface area contributed by atoms with E-state index in [1.165, 1.54) is 11.0 Å². The highest BCUT2D eigenvalue weighted by molar-refractivity contribution is 5.92. The number of aryl methyl sites for hydroxylation is 1. The number of carbonyl (C=O) groups is 2. The van der Waals surface area contributed by atoms with Gasteiger partial charge in [-0.15, -0.1) is 0 Å². The number of nitrogens with one attached hydrogen (secondary N) is 3. The van der Waals surface area contributed by atoms with Gasteiger partial charge in [-0.2, -0.15) is 10.1 Å². The van der Waals surface area contributed by atoms with Crippen molar-refractivity contribution in [1.29, 1.82) is 0 Å². The van der Waals surface area contributed by atoms with Gasteiger partial charge in [-0.25, -0.2) is 4.98 Å². The number of aromatic nitrogens is 4. The van der Waals surface area contributed by atoms with E-state index < -0.39 is 6.04 Å². The Morgan fingerprint density at radius 1 is 1.14 bits per heavy atom. The zero-order valence-electron chi connectivity index (χ0n) is 25.6. The Kier molecular flexibility index (Phi) is 12.3. The van der Waals surface area contributed by atoms with E-state index in [9.17, 15) is 9.59 Å². The maximum Gasteiger partial charge on any atom is 0.246 e. The van der Waals surface area contributed by atoms with E-state index in [-0.39, 0.29) is 11.8 Å². The van der Waals surface area contributed by atoms with Crippen LogP contribution in [0.25, 0.3) is 10.9 Å². The monoisotopic (exact) mass is 573 g/mol. The minimum absolute atomic E-state index is 0.194. The van der Waals surface area contributed by atoms with Crippen LogP contribution in [0.1, 0.15) is 45.6 Å². The van der Waals surface area contributed by atoms with Gasteiger partial charge >= 0.3 is 0 Å². The number of carbonyl (C=O) groups excluding carboxylic acids is 2. The summed E-state index contributed by atoms with van der Waals surface area (Å²) in [7, 11) is 5.48. The van der Waals surface area contributed by atoms with E-state index in [0.29, 0.717) is 43.3 Å². The number of nitrogens with zero attached hydrogens (tertiary/aromatic N) is 6. The first kappa shape index (κ1) is 32.1. The molecule has 2 amide bonds. The Labute approximate surface area is 248 Å². The number of hydrogen-bond donors (Lipinski definition) is 3. The van der Waals surface area contributed by atoms with E-state index in [2.05, 4.69) is 56.7 Å². The quantitative estimate of drug-likeness (QED) is 0.152. The van der Waals surface area contributed by atoms with Gasteiger partial charge in [-0.3, -0.25) is 14.3 Å². The number of anilines is 3. The topological polar surface area (TPSA) is 120 Å². The van der Waals surface area contributed by atoms with Crippen LogP contribution in [-0.4, -0.2) is 88.2 Å². The van der Waals surface area contributed by atoms with Gasteiger partial charge in [0.25, 0.3) is 0 Å². The first-order valence-corrected chi connectivity index (χ1v) is 14.4. The highest BCUT2D eigenvalue weighted by Crippen LogP contribution is 2.22. The molecule has 0 radical (unpaired) electrons. The van der Waals surface area contributed by atoms with Gasteiger partial charge in [0.15, 0.2) is 0 Å². The largest absolute Gasteiger partial charge is 0.369 e. The molecule has 0 aliphatic heterocycles. The molecule has 3 N–H and O–H groups in total. The normalized spacial score (nSPS) is 11.8. The summed E-state index contributed by atoms with van der Waals surface area (Å²) in [5.74, 6) is 7.09. The van der Waals surface area contributed by atoms with Crippen LogP contribution in [0.15, 0.2) is 42.7 Å². The van der Waals surface area contributed by atoms with Crippen molar-refractivity contribution in [3.63, 3.8) is 0 Å². The fourth-order valence-corrected chi connectivity index (χ4v) is 3.98. The van der Waals surface area contributed by atoms with Crippen molar-refractivity contribution in [1.82, 2.24) is 34.9 Å². The third-order valence-corrected chi connectivity index (χ3v) is 6.57. The van der Waals surface area contributed by atoms with Crippen LogP contribution in [0, 0.1) is 11.8 Å². The summed E-state index contributed by atoms with van der Waals surface area (Å²) in [5, 5.41) is 15.0. The predicted octanol–water partition coefficient (Wildman–Crippen LogP) is 3.62. The van der Waals surface area contributed by atoms with E-state index in [1.54, 1.807) is 26.2 Å². The standard InChI is InChI=1S/C31H43N9O2/c1-7-17-32-29-25(21-34-31(37-29)36-26-16-15-24-22-35-40(8-2)27(24)20-26)13-10-9-11-18-33-30(42)23(3)39(6)28(41)14-12-19-38(4)5/h12,14-16,20-23H,7-9,11,17-19H2,1-6H3,(H,33,42)(H2,32,34,36,37)/b14-12+/t23-/m0/s1. The molecule has 0 fully saturated rings. The lowest BCUT2D eigenvalue weighted by Crippen LogP contribution is -2.45. The molecule has 3 rings (SSSR count). The molecule has 0 unspecified atom stereocenters. The Balaban J connectivity index is 1.54. The second-order valence-corrected chi connectivity index (χ2v) is 10.2. The highest BCUT2D eigenvalue weighted by Gasteiger charge is 2.20. The molecule has 3 aromatic rings. The van der Waals surface area contributed by atoms with Crippen LogP contribution >= 0.6 is 0 Å². The molecule has 11 heteroatoms. The third-order valence-electron chi connectivity index (χ3n) is 6.57. The van der Waals surface area contributed by atoms with Crippen LogP contribution in [0.3, 0.4) is 0 Å². The van der Waals surface area contributed by atoms with Crippen molar-refractivity contribution in [2.45, 2.75) is 52.6 Å². The maximum atomic E-state index is 12.5. The first-order valence-electron chi connectivity index (χ1n) is 14.4. The zero-order chi connectivity index (χ0) is 30.5. The maximum absolute atomic E-state index is 12.5. The van der Waals surface area contributed by atoms with Crippen LogP contribution in [0.5, 0.6) is 0 Å². The summed E-state index contributed by atoms with van der Waals surface area (Å²) in [6, 6.07) is 5.48. The average molecular weight is 574 g/mol. The summed E-state index contributed by atoms with van der Waals surface area (Å²) < 4.78 is 1.95. The van der Waals surface area contributed by atoms with Gasteiger partial charge < -0.3 is 25.8 Å². The summed E-state index contributed by atoms with van der Waals surface area (Å²) in [6.07, 6.45) is 9.08. The van der Waals surface area contributed by atoms with Crippen molar-refractivity contribution in [2.75, 3.05) is 51.4 Å². The molecule has 1 atom stereocenters. The smallest absolute Gasteiger partial charge is 0.246 e. The molecule has 0 aliphatic rings. The van der Waals surface area contributed by atoms with Gasteiger partial charge in [0.1, 0.15) is 11.9 Å². The molecule has 0 spiro atoms. The van der Waals surface area contributed by atoms with Crippen LogP contribution in [0.2, 0.25) is 0 Å². The van der Waals surface area contributed by atoms with E-state index >= 15 is 0 Å². The number of hydrogen-bond acceptors (Lipinski definition) is 8. The lowest BCUT2D eigenvalue weighted by atomic mass is 10.2. The Morgan fingerprint density at radius 3 is 2.69 bits per heavy atom. The fourth-order valence-electron chi connectivity index (χ4n) is 3.98. The fraction of sp³-hybridized carbons (Fsp3) is 0.452. The van der Waals surface area contributed by atoms with E-state index in [1.807, 2.05) is 48.1 Å². The number of amides is 2. The van der Waals surface area contributed by atoms with Gasteiger partial charge in [0.2, 0.25) is 17.8 Å². The molecule has 224 valence electrons. The predicted molar refractivity (Wildman–Crippen MR) is 169 cm³/mol. The van der Waals surface area contributed by atoms with Crippen molar-refractivity contribution >= 4 is 40.2 Å². The summed E-state index contributed by atoms with van der Waals surface area (Å²) in [4.78, 5) is 37.3.